The lowest BCUT2D eigenvalue weighted by molar-refractivity contribution is -0.144. The van der Waals surface area contributed by atoms with Gasteiger partial charge in [-0.2, -0.15) is 0 Å². The Morgan fingerprint density at radius 2 is 1.85 bits per heavy atom. The molecule has 1 aliphatic heterocycles. The monoisotopic (exact) mass is 382 g/mol. The van der Waals surface area contributed by atoms with Gasteiger partial charge in [-0.25, -0.2) is 13.6 Å². The number of piperidine rings is 1. The summed E-state index contributed by atoms with van der Waals surface area (Å²) in [5, 5.41) is 11.2. The van der Waals surface area contributed by atoms with Crippen molar-refractivity contribution >= 4 is 17.8 Å². The third-order valence-electron chi connectivity index (χ3n) is 4.58. The lowest BCUT2D eigenvalue weighted by Crippen LogP contribution is -2.49. The van der Waals surface area contributed by atoms with Crippen molar-refractivity contribution in [2.45, 2.75) is 45.6 Å². The van der Waals surface area contributed by atoms with Crippen molar-refractivity contribution in [2.24, 2.45) is 5.92 Å². The van der Waals surface area contributed by atoms with Gasteiger partial charge in [0.2, 0.25) is 12.3 Å². The molecule has 1 fully saturated rings. The van der Waals surface area contributed by atoms with Crippen LogP contribution in [0.15, 0.2) is 18.2 Å². The molecule has 0 spiro atoms. The van der Waals surface area contributed by atoms with Crippen LogP contribution in [0.25, 0.3) is 0 Å². The highest BCUT2D eigenvalue weighted by atomic mass is 19.3. The number of nitrogens with zero attached hydrogens (tertiary/aromatic N) is 1. The Morgan fingerprint density at radius 1 is 1.22 bits per heavy atom. The van der Waals surface area contributed by atoms with Gasteiger partial charge in [-0.1, -0.05) is 17.2 Å². The Balaban J connectivity index is 2.05. The zero-order valence-electron chi connectivity index (χ0n) is 15.4. The number of benzene rings is 1. The number of carbonyl (C=O) groups is 3. The van der Waals surface area contributed by atoms with Gasteiger partial charge in [0.05, 0.1) is 5.92 Å². The molecule has 0 aromatic heterocycles. The van der Waals surface area contributed by atoms with E-state index in [2.05, 4.69) is 5.32 Å². The van der Waals surface area contributed by atoms with Crippen LogP contribution < -0.4 is 5.32 Å². The van der Waals surface area contributed by atoms with Crippen molar-refractivity contribution in [3.8, 4) is 0 Å². The van der Waals surface area contributed by atoms with Crippen LogP contribution in [-0.4, -0.2) is 53.3 Å². The van der Waals surface area contributed by atoms with Crippen molar-refractivity contribution in [1.82, 2.24) is 10.2 Å². The zero-order valence-corrected chi connectivity index (χ0v) is 15.4. The van der Waals surface area contributed by atoms with E-state index < -0.39 is 36.7 Å². The Labute approximate surface area is 156 Å². The molecule has 1 aliphatic rings. The van der Waals surface area contributed by atoms with Crippen LogP contribution >= 0.6 is 0 Å². The van der Waals surface area contributed by atoms with Crippen LogP contribution in [0.2, 0.25) is 0 Å². The number of aryl methyl sites for hydroxylation is 2. The number of halogens is 2. The van der Waals surface area contributed by atoms with Crippen molar-refractivity contribution < 1.29 is 28.3 Å². The molecule has 1 saturated heterocycles. The summed E-state index contributed by atoms with van der Waals surface area (Å²) in [7, 11) is 0. The number of nitrogens with one attached hydrogen (secondary N) is 1. The number of carboxylic acid groups (broad SMARTS) is 1. The molecule has 1 aromatic carbocycles. The Hall–Kier alpha value is -2.51. The molecular weight excluding hydrogens is 358 g/mol. The third-order valence-corrected chi connectivity index (χ3v) is 4.58. The summed E-state index contributed by atoms with van der Waals surface area (Å²) in [6, 6.07) is 3.88. The Kier molecular flexibility index (Phi) is 6.87. The Morgan fingerprint density at radius 3 is 2.41 bits per heavy atom. The van der Waals surface area contributed by atoms with E-state index in [1.165, 1.54) is 0 Å². The molecule has 2 atom stereocenters. The highest BCUT2D eigenvalue weighted by Crippen LogP contribution is 2.20. The quantitative estimate of drug-likeness (QED) is 0.791. The number of hydrogen-bond donors (Lipinski definition) is 2. The molecule has 8 heteroatoms. The van der Waals surface area contributed by atoms with E-state index in [1.807, 2.05) is 19.9 Å². The highest BCUT2D eigenvalue weighted by molar-refractivity contribution is 5.95. The SMILES string of the molecule is Cc1cc(C)cc(C(=O)N2CCCC(C(=O)NC(CC(F)F)C(=O)O)C2)c1. The number of alkyl halides is 2. The van der Waals surface area contributed by atoms with E-state index in [4.69, 9.17) is 5.11 Å². The predicted molar refractivity (Wildman–Crippen MR) is 94.7 cm³/mol. The van der Waals surface area contributed by atoms with E-state index in [0.717, 1.165) is 11.1 Å². The summed E-state index contributed by atoms with van der Waals surface area (Å²) in [6.07, 6.45) is -2.72. The second kappa shape index (κ2) is 8.92. The maximum atomic E-state index is 12.7. The fraction of sp³-hybridized carbons (Fsp3) is 0.526. The maximum Gasteiger partial charge on any atom is 0.326 e. The summed E-state index contributed by atoms with van der Waals surface area (Å²) >= 11 is 0. The first kappa shape index (κ1) is 20.8. The number of carbonyl (C=O) groups excluding carboxylic acids is 2. The van der Waals surface area contributed by atoms with Crippen LogP contribution in [0.1, 0.15) is 40.7 Å². The number of likely N-dealkylation sites (tertiary alicyclic amines) is 1. The molecule has 0 saturated carbocycles. The molecule has 2 rings (SSSR count). The number of rotatable bonds is 6. The average Bonchev–Trinajstić information content (AvgIpc) is 2.59. The molecule has 148 valence electrons. The van der Waals surface area contributed by atoms with E-state index in [0.29, 0.717) is 24.9 Å². The van der Waals surface area contributed by atoms with Crippen LogP contribution in [0.5, 0.6) is 0 Å². The van der Waals surface area contributed by atoms with Gasteiger partial charge in [-0.05, 0) is 38.8 Å². The van der Waals surface area contributed by atoms with Crippen molar-refractivity contribution in [3.05, 3.63) is 34.9 Å². The average molecular weight is 382 g/mol. The summed E-state index contributed by atoms with van der Waals surface area (Å²) < 4.78 is 25.0. The molecule has 1 aromatic rings. The molecule has 2 N–H and O–H groups in total. The first-order valence-electron chi connectivity index (χ1n) is 8.86. The largest absolute Gasteiger partial charge is 0.480 e. The Bertz CT molecular complexity index is 703. The summed E-state index contributed by atoms with van der Waals surface area (Å²) in [6.45, 7) is 4.42. The second-order valence-electron chi connectivity index (χ2n) is 6.99. The van der Waals surface area contributed by atoms with Crippen LogP contribution in [0.3, 0.4) is 0 Å². The molecule has 27 heavy (non-hydrogen) atoms. The molecule has 6 nitrogen and oxygen atoms in total. The number of carboxylic acids is 1. The van der Waals surface area contributed by atoms with Gasteiger partial charge in [0.25, 0.3) is 5.91 Å². The molecular formula is C19H24F2N2O4. The fourth-order valence-corrected chi connectivity index (χ4v) is 3.35. The highest BCUT2D eigenvalue weighted by Gasteiger charge is 2.32. The summed E-state index contributed by atoms with van der Waals surface area (Å²) in [5.74, 6) is -2.92. The summed E-state index contributed by atoms with van der Waals surface area (Å²) in [5.41, 5.74) is 2.46. The maximum absolute atomic E-state index is 12.7. The smallest absolute Gasteiger partial charge is 0.326 e. The van der Waals surface area contributed by atoms with Gasteiger partial charge in [-0.15, -0.1) is 0 Å². The van der Waals surface area contributed by atoms with Gasteiger partial charge in [0.15, 0.2) is 0 Å². The molecule has 2 unspecified atom stereocenters. The number of hydrogen-bond acceptors (Lipinski definition) is 3. The molecule has 1 heterocycles. The zero-order chi connectivity index (χ0) is 20.1. The molecule has 0 bridgehead atoms. The summed E-state index contributed by atoms with van der Waals surface area (Å²) in [4.78, 5) is 37.7. The normalized spacial score (nSPS) is 18.3. The van der Waals surface area contributed by atoms with Gasteiger partial charge < -0.3 is 15.3 Å². The van der Waals surface area contributed by atoms with Crippen LogP contribution in [-0.2, 0) is 9.59 Å². The van der Waals surface area contributed by atoms with E-state index in [9.17, 15) is 23.2 Å². The third kappa shape index (κ3) is 5.74. The fourth-order valence-electron chi connectivity index (χ4n) is 3.35. The molecule has 0 radical (unpaired) electrons. The van der Waals surface area contributed by atoms with Gasteiger partial charge >= 0.3 is 5.97 Å². The van der Waals surface area contributed by atoms with Crippen LogP contribution in [0, 0.1) is 19.8 Å². The van der Waals surface area contributed by atoms with Gasteiger partial charge in [0, 0.05) is 25.1 Å². The van der Waals surface area contributed by atoms with Crippen molar-refractivity contribution in [2.75, 3.05) is 13.1 Å². The van der Waals surface area contributed by atoms with Crippen molar-refractivity contribution in [3.63, 3.8) is 0 Å². The first-order chi connectivity index (χ1) is 12.7. The topological polar surface area (TPSA) is 86.7 Å². The van der Waals surface area contributed by atoms with Gasteiger partial charge in [-0.3, -0.25) is 9.59 Å². The van der Waals surface area contributed by atoms with Crippen molar-refractivity contribution in [1.29, 1.82) is 0 Å². The second-order valence-corrected chi connectivity index (χ2v) is 6.99. The molecule has 0 aliphatic carbocycles. The standard InChI is InChI=1S/C19H24F2N2O4/c1-11-6-12(2)8-14(7-11)18(25)23-5-3-4-13(10-23)17(24)22-15(19(26)27)9-16(20)21/h6-8,13,15-16H,3-5,9-10H2,1-2H3,(H,22,24)(H,26,27). The minimum Gasteiger partial charge on any atom is -0.480 e. The van der Waals surface area contributed by atoms with E-state index in [1.54, 1.807) is 17.0 Å². The molecule has 2 amide bonds. The van der Waals surface area contributed by atoms with E-state index in [-0.39, 0.29) is 12.5 Å². The lowest BCUT2D eigenvalue weighted by Gasteiger charge is -2.32. The number of aliphatic carboxylic acids is 1. The minimum atomic E-state index is -2.83. The van der Waals surface area contributed by atoms with E-state index >= 15 is 0 Å². The minimum absolute atomic E-state index is 0.138. The van der Waals surface area contributed by atoms with Crippen LogP contribution in [0.4, 0.5) is 8.78 Å². The first-order valence-corrected chi connectivity index (χ1v) is 8.86. The van der Waals surface area contributed by atoms with Gasteiger partial charge in [0.1, 0.15) is 6.04 Å². The number of amides is 2. The predicted octanol–water partition coefficient (Wildman–Crippen LogP) is 2.38. The lowest BCUT2D eigenvalue weighted by atomic mass is 9.95.